The van der Waals surface area contributed by atoms with Crippen molar-refractivity contribution in [3.05, 3.63) is 42.5 Å². The first kappa shape index (κ1) is 11.5. The number of nitrogens with zero attached hydrogens (tertiary/aromatic N) is 6. The maximum Gasteiger partial charge on any atom is 0.131 e. The highest BCUT2D eigenvalue weighted by Gasteiger charge is 2.07. The Morgan fingerprint density at radius 1 is 1.16 bits per heavy atom. The third-order valence-corrected chi connectivity index (χ3v) is 2.72. The van der Waals surface area contributed by atoms with Crippen molar-refractivity contribution in [2.24, 2.45) is 7.05 Å². The van der Waals surface area contributed by atoms with Crippen molar-refractivity contribution >= 4 is 0 Å². The molecule has 0 aromatic carbocycles. The lowest BCUT2D eigenvalue weighted by Crippen LogP contribution is -1.92. The van der Waals surface area contributed by atoms with Gasteiger partial charge in [0.2, 0.25) is 0 Å². The molecule has 0 radical (unpaired) electrons. The minimum absolute atomic E-state index is 0.0182. The van der Waals surface area contributed by atoms with Crippen molar-refractivity contribution in [2.45, 2.75) is 6.61 Å². The Balaban J connectivity index is 1.91. The summed E-state index contributed by atoms with van der Waals surface area (Å²) >= 11 is 0. The number of pyridine rings is 1. The highest BCUT2D eigenvalue weighted by Crippen LogP contribution is 2.15. The standard InChI is InChI=1S/C12H12N6O/c1-17-6-10(5-14-17)18-7-12(15-16-18)11-3-2-9(8-19)4-13-11/h2-7,19H,8H2,1H3. The fourth-order valence-electron chi connectivity index (χ4n) is 1.70. The van der Waals surface area contributed by atoms with E-state index in [0.29, 0.717) is 11.4 Å². The topological polar surface area (TPSA) is 81.7 Å². The molecule has 0 atom stereocenters. The van der Waals surface area contributed by atoms with Crippen LogP contribution in [0.2, 0.25) is 0 Å². The van der Waals surface area contributed by atoms with Crippen molar-refractivity contribution in [1.82, 2.24) is 29.8 Å². The number of aliphatic hydroxyl groups excluding tert-OH is 1. The van der Waals surface area contributed by atoms with Gasteiger partial charge < -0.3 is 5.11 Å². The largest absolute Gasteiger partial charge is 0.392 e. The monoisotopic (exact) mass is 256 g/mol. The van der Waals surface area contributed by atoms with Crippen LogP contribution in [0, 0.1) is 0 Å². The minimum Gasteiger partial charge on any atom is -0.392 e. The molecule has 3 aromatic rings. The summed E-state index contributed by atoms with van der Waals surface area (Å²) in [6.07, 6.45) is 6.97. The normalized spacial score (nSPS) is 10.8. The van der Waals surface area contributed by atoms with Crippen LogP contribution in [0.3, 0.4) is 0 Å². The number of aliphatic hydroxyl groups is 1. The lowest BCUT2D eigenvalue weighted by atomic mass is 10.2. The van der Waals surface area contributed by atoms with Gasteiger partial charge in [-0.25, -0.2) is 4.68 Å². The Morgan fingerprint density at radius 2 is 2.05 bits per heavy atom. The van der Waals surface area contributed by atoms with Gasteiger partial charge in [-0.3, -0.25) is 9.67 Å². The van der Waals surface area contributed by atoms with E-state index in [1.165, 1.54) is 0 Å². The minimum atomic E-state index is -0.0182. The summed E-state index contributed by atoms with van der Waals surface area (Å²) in [5, 5.41) is 21.2. The summed E-state index contributed by atoms with van der Waals surface area (Å²) in [5.74, 6) is 0. The molecule has 0 saturated heterocycles. The Labute approximate surface area is 109 Å². The van der Waals surface area contributed by atoms with E-state index in [9.17, 15) is 0 Å². The molecule has 0 saturated carbocycles. The third kappa shape index (κ3) is 2.23. The molecule has 0 unspecified atom stereocenters. The summed E-state index contributed by atoms with van der Waals surface area (Å²) in [7, 11) is 1.84. The van der Waals surface area contributed by atoms with Gasteiger partial charge in [0.1, 0.15) is 11.4 Å². The molecule has 0 bridgehead atoms. The maximum atomic E-state index is 8.97. The van der Waals surface area contributed by atoms with Gasteiger partial charge in [0.25, 0.3) is 0 Å². The van der Waals surface area contributed by atoms with Crippen LogP contribution < -0.4 is 0 Å². The van der Waals surface area contributed by atoms with Crippen LogP contribution in [-0.2, 0) is 13.7 Å². The van der Waals surface area contributed by atoms with Crippen molar-refractivity contribution in [3.8, 4) is 17.1 Å². The van der Waals surface area contributed by atoms with Crippen LogP contribution in [0.25, 0.3) is 17.1 Å². The van der Waals surface area contributed by atoms with Gasteiger partial charge in [-0.05, 0) is 11.6 Å². The van der Waals surface area contributed by atoms with E-state index < -0.39 is 0 Å². The van der Waals surface area contributed by atoms with E-state index >= 15 is 0 Å². The van der Waals surface area contributed by atoms with Crippen LogP contribution in [0.15, 0.2) is 36.9 Å². The summed E-state index contributed by atoms with van der Waals surface area (Å²) in [5.41, 5.74) is 3.00. The van der Waals surface area contributed by atoms with Crippen molar-refractivity contribution in [2.75, 3.05) is 0 Å². The molecule has 1 N–H and O–H groups in total. The Kier molecular flexibility index (Phi) is 2.81. The molecule has 3 aromatic heterocycles. The van der Waals surface area contributed by atoms with Crippen molar-refractivity contribution in [3.63, 3.8) is 0 Å². The average Bonchev–Trinajstić information content (AvgIpc) is 3.07. The molecule has 3 heterocycles. The molecule has 3 rings (SSSR count). The van der Waals surface area contributed by atoms with Gasteiger partial charge in [-0.1, -0.05) is 11.3 Å². The van der Waals surface area contributed by atoms with Gasteiger partial charge in [0, 0.05) is 13.2 Å². The van der Waals surface area contributed by atoms with Gasteiger partial charge in [0.05, 0.1) is 30.9 Å². The predicted octanol–water partition coefficient (Wildman–Crippen LogP) is 0.555. The SMILES string of the molecule is Cn1cc(-n2cc(-c3ccc(CO)cn3)nn2)cn1. The number of hydrogen-bond donors (Lipinski definition) is 1. The lowest BCUT2D eigenvalue weighted by molar-refractivity contribution is 0.281. The number of hydrogen-bond acceptors (Lipinski definition) is 5. The lowest BCUT2D eigenvalue weighted by Gasteiger charge is -1.97. The zero-order valence-electron chi connectivity index (χ0n) is 10.3. The summed E-state index contributed by atoms with van der Waals surface area (Å²) < 4.78 is 3.34. The molecule has 0 aliphatic rings. The molecule has 0 fully saturated rings. The summed E-state index contributed by atoms with van der Waals surface area (Å²) in [6, 6.07) is 3.62. The van der Waals surface area contributed by atoms with Crippen LogP contribution in [-0.4, -0.2) is 34.9 Å². The Morgan fingerprint density at radius 3 is 2.68 bits per heavy atom. The van der Waals surface area contributed by atoms with Crippen LogP contribution in [0.1, 0.15) is 5.56 Å². The molecule has 0 amide bonds. The van der Waals surface area contributed by atoms with Crippen molar-refractivity contribution < 1.29 is 5.11 Å². The maximum absolute atomic E-state index is 8.97. The molecule has 0 aliphatic heterocycles. The Hall–Kier alpha value is -2.54. The second-order valence-electron chi connectivity index (χ2n) is 4.13. The van der Waals surface area contributed by atoms with E-state index in [1.807, 2.05) is 25.4 Å². The quantitative estimate of drug-likeness (QED) is 0.740. The second kappa shape index (κ2) is 4.62. The highest BCUT2D eigenvalue weighted by atomic mass is 16.3. The van der Waals surface area contributed by atoms with Gasteiger partial charge in [-0.15, -0.1) is 5.10 Å². The molecular weight excluding hydrogens is 244 g/mol. The zero-order valence-corrected chi connectivity index (χ0v) is 10.3. The van der Waals surface area contributed by atoms with Crippen LogP contribution in [0.5, 0.6) is 0 Å². The van der Waals surface area contributed by atoms with Gasteiger partial charge >= 0.3 is 0 Å². The van der Waals surface area contributed by atoms with E-state index in [-0.39, 0.29) is 6.61 Å². The first-order valence-corrected chi connectivity index (χ1v) is 5.74. The molecule has 0 spiro atoms. The number of rotatable bonds is 3. The smallest absolute Gasteiger partial charge is 0.131 e. The highest BCUT2D eigenvalue weighted by molar-refractivity contribution is 5.52. The van der Waals surface area contributed by atoms with E-state index in [1.54, 1.807) is 28.0 Å². The van der Waals surface area contributed by atoms with Gasteiger partial charge in [-0.2, -0.15) is 5.10 Å². The molecular formula is C12H12N6O. The van der Waals surface area contributed by atoms with Crippen LogP contribution in [0.4, 0.5) is 0 Å². The van der Waals surface area contributed by atoms with Gasteiger partial charge in [0.15, 0.2) is 0 Å². The van der Waals surface area contributed by atoms with E-state index in [2.05, 4.69) is 20.4 Å². The first-order chi connectivity index (χ1) is 9.26. The molecule has 7 nitrogen and oxygen atoms in total. The predicted molar refractivity (Wildman–Crippen MR) is 67.3 cm³/mol. The summed E-state index contributed by atoms with van der Waals surface area (Å²) in [6.45, 7) is -0.0182. The number of aryl methyl sites for hydroxylation is 1. The third-order valence-electron chi connectivity index (χ3n) is 2.72. The molecule has 19 heavy (non-hydrogen) atoms. The fourth-order valence-corrected chi connectivity index (χ4v) is 1.70. The molecule has 0 aliphatic carbocycles. The van der Waals surface area contributed by atoms with E-state index in [4.69, 9.17) is 5.11 Å². The average molecular weight is 256 g/mol. The first-order valence-electron chi connectivity index (χ1n) is 5.74. The number of aromatic nitrogens is 6. The van der Waals surface area contributed by atoms with Crippen LogP contribution >= 0.6 is 0 Å². The fraction of sp³-hybridized carbons (Fsp3) is 0.167. The second-order valence-corrected chi connectivity index (χ2v) is 4.13. The molecule has 7 heteroatoms. The van der Waals surface area contributed by atoms with Crippen molar-refractivity contribution in [1.29, 1.82) is 0 Å². The van der Waals surface area contributed by atoms with E-state index in [0.717, 1.165) is 11.3 Å². The Bertz CT molecular complexity index is 684. The zero-order chi connectivity index (χ0) is 13.2. The molecule has 96 valence electrons. The summed E-state index contributed by atoms with van der Waals surface area (Å²) in [4.78, 5) is 4.24.